The molecular weight excluding hydrogens is 258 g/mol. The summed E-state index contributed by atoms with van der Waals surface area (Å²) in [5, 5.41) is 12.1. The number of nitrogens with one attached hydrogen (secondary N) is 1. The summed E-state index contributed by atoms with van der Waals surface area (Å²) in [7, 11) is 0. The van der Waals surface area contributed by atoms with Crippen molar-refractivity contribution in [1.82, 2.24) is 10.2 Å². The normalized spacial score (nSPS) is 11.4. The van der Waals surface area contributed by atoms with Crippen molar-refractivity contribution in [2.45, 2.75) is 20.3 Å². The van der Waals surface area contributed by atoms with Crippen LogP contribution < -0.4 is 5.32 Å². The number of amides is 1. The van der Waals surface area contributed by atoms with Gasteiger partial charge in [-0.2, -0.15) is 0 Å². The van der Waals surface area contributed by atoms with E-state index in [1.165, 1.54) is 11.3 Å². The van der Waals surface area contributed by atoms with Gasteiger partial charge >= 0.3 is 0 Å². The maximum Gasteiger partial charge on any atom is 0.230 e. The van der Waals surface area contributed by atoms with Gasteiger partial charge in [-0.1, -0.05) is 47.7 Å². The summed E-state index contributed by atoms with van der Waals surface area (Å²) in [6.45, 7) is 3.92. The molecule has 0 aliphatic rings. The van der Waals surface area contributed by atoms with E-state index >= 15 is 0 Å². The minimum absolute atomic E-state index is 0.0768. The van der Waals surface area contributed by atoms with Crippen molar-refractivity contribution >= 4 is 27.9 Å². The van der Waals surface area contributed by atoms with Crippen LogP contribution in [0.4, 0.5) is 5.13 Å². The van der Waals surface area contributed by atoms with E-state index in [0.29, 0.717) is 11.6 Å². The average molecular weight is 273 g/mol. The Bertz CT molecular complexity index is 590. The van der Waals surface area contributed by atoms with E-state index in [1.54, 1.807) is 0 Å². The Labute approximate surface area is 116 Å². The summed E-state index contributed by atoms with van der Waals surface area (Å²) in [5.41, 5.74) is 2.04. The Morgan fingerprint density at radius 1 is 1.32 bits per heavy atom. The number of allylic oxidation sites excluding steroid dienone is 2. The average Bonchev–Trinajstić information content (AvgIpc) is 2.87. The summed E-state index contributed by atoms with van der Waals surface area (Å²) >= 11 is 1.38. The van der Waals surface area contributed by atoms with Gasteiger partial charge in [0.25, 0.3) is 0 Å². The van der Waals surface area contributed by atoms with Gasteiger partial charge in [0.15, 0.2) is 0 Å². The van der Waals surface area contributed by atoms with Crippen molar-refractivity contribution in [3.63, 3.8) is 0 Å². The van der Waals surface area contributed by atoms with Gasteiger partial charge in [0, 0.05) is 0 Å². The zero-order chi connectivity index (χ0) is 13.7. The van der Waals surface area contributed by atoms with Crippen LogP contribution in [-0.2, 0) is 11.2 Å². The van der Waals surface area contributed by atoms with Gasteiger partial charge < -0.3 is 5.32 Å². The molecule has 1 heterocycles. The molecule has 0 aliphatic heterocycles. The van der Waals surface area contributed by atoms with Gasteiger partial charge in [-0.05, 0) is 25.0 Å². The fourth-order valence-electron chi connectivity index (χ4n) is 1.50. The van der Waals surface area contributed by atoms with E-state index < -0.39 is 0 Å². The molecule has 0 aliphatic carbocycles. The topological polar surface area (TPSA) is 54.9 Å². The number of benzene rings is 1. The lowest BCUT2D eigenvalue weighted by molar-refractivity contribution is -0.115. The standard InChI is InChI=1S/C14H15N3OS/c1-3-10(2)13-16-17-14(19-13)15-12(18)9-11-7-5-4-6-8-11/h3-8H,9H2,1-2H3,(H,15,17,18)/b10-3-. The lowest BCUT2D eigenvalue weighted by Crippen LogP contribution is -2.14. The van der Waals surface area contributed by atoms with Crippen molar-refractivity contribution in [3.8, 4) is 0 Å². The monoisotopic (exact) mass is 273 g/mol. The molecule has 19 heavy (non-hydrogen) atoms. The summed E-state index contributed by atoms with van der Waals surface area (Å²) in [5.74, 6) is -0.0768. The maximum absolute atomic E-state index is 11.8. The highest BCUT2D eigenvalue weighted by atomic mass is 32.1. The minimum atomic E-state index is -0.0768. The molecule has 1 aromatic heterocycles. The molecule has 5 heteroatoms. The van der Waals surface area contributed by atoms with Gasteiger partial charge in [-0.25, -0.2) is 0 Å². The predicted molar refractivity (Wildman–Crippen MR) is 78.0 cm³/mol. The number of carbonyl (C=O) groups is 1. The Morgan fingerprint density at radius 3 is 2.74 bits per heavy atom. The fraction of sp³-hybridized carbons (Fsp3) is 0.214. The molecule has 2 rings (SSSR count). The molecular formula is C14H15N3OS. The molecule has 0 bridgehead atoms. The van der Waals surface area contributed by atoms with Crippen LogP contribution >= 0.6 is 11.3 Å². The largest absolute Gasteiger partial charge is 0.300 e. The van der Waals surface area contributed by atoms with Crippen LogP contribution in [0.15, 0.2) is 36.4 Å². The number of carbonyl (C=O) groups excluding carboxylic acids is 1. The van der Waals surface area contributed by atoms with Gasteiger partial charge in [0.1, 0.15) is 5.01 Å². The van der Waals surface area contributed by atoms with Gasteiger partial charge in [-0.15, -0.1) is 10.2 Å². The maximum atomic E-state index is 11.8. The molecule has 0 saturated carbocycles. The van der Waals surface area contributed by atoms with E-state index in [4.69, 9.17) is 0 Å². The molecule has 0 unspecified atom stereocenters. The fourth-order valence-corrected chi connectivity index (χ4v) is 2.29. The summed E-state index contributed by atoms with van der Waals surface area (Å²) < 4.78 is 0. The van der Waals surface area contributed by atoms with Gasteiger partial charge in [-0.3, -0.25) is 4.79 Å². The minimum Gasteiger partial charge on any atom is -0.300 e. The number of aromatic nitrogens is 2. The summed E-state index contributed by atoms with van der Waals surface area (Å²) in [4.78, 5) is 11.8. The Kier molecular flexibility index (Phi) is 4.41. The van der Waals surface area contributed by atoms with E-state index in [-0.39, 0.29) is 5.91 Å². The van der Waals surface area contributed by atoms with Crippen molar-refractivity contribution in [3.05, 3.63) is 47.0 Å². The summed E-state index contributed by atoms with van der Waals surface area (Å²) in [6, 6.07) is 9.62. The predicted octanol–water partition coefficient (Wildman–Crippen LogP) is 3.14. The molecule has 1 amide bonds. The number of nitrogens with zero attached hydrogens (tertiary/aromatic N) is 2. The van der Waals surface area contributed by atoms with Crippen LogP contribution in [0.5, 0.6) is 0 Å². The van der Waals surface area contributed by atoms with Crippen LogP contribution in [0, 0.1) is 0 Å². The van der Waals surface area contributed by atoms with Crippen LogP contribution in [0.1, 0.15) is 24.4 Å². The molecule has 4 nitrogen and oxygen atoms in total. The third kappa shape index (κ3) is 3.72. The Balaban J connectivity index is 1.98. The third-order valence-electron chi connectivity index (χ3n) is 2.65. The molecule has 2 aromatic rings. The van der Waals surface area contributed by atoms with Crippen LogP contribution in [0.25, 0.3) is 5.57 Å². The van der Waals surface area contributed by atoms with E-state index in [0.717, 1.165) is 16.1 Å². The molecule has 0 saturated heterocycles. The van der Waals surface area contributed by atoms with Crippen molar-refractivity contribution in [2.75, 3.05) is 5.32 Å². The second-order valence-corrected chi connectivity index (χ2v) is 5.07. The highest BCUT2D eigenvalue weighted by Crippen LogP contribution is 2.22. The van der Waals surface area contributed by atoms with Crippen molar-refractivity contribution in [2.24, 2.45) is 0 Å². The first kappa shape index (κ1) is 13.4. The molecule has 0 radical (unpaired) electrons. The smallest absolute Gasteiger partial charge is 0.230 e. The second-order valence-electron chi connectivity index (χ2n) is 4.09. The molecule has 1 aromatic carbocycles. The lowest BCUT2D eigenvalue weighted by atomic mass is 10.1. The number of hydrogen-bond donors (Lipinski definition) is 1. The molecule has 98 valence electrons. The third-order valence-corrected chi connectivity index (χ3v) is 3.62. The zero-order valence-corrected chi connectivity index (χ0v) is 11.7. The van der Waals surface area contributed by atoms with Crippen LogP contribution in [0.3, 0.4) is 0 Å². The number of anilines is 1. The lowest BCUT2D eigenvalue weighted by Gasteiger charge is -2.00. The Hall–Kier alpha value is -2.01. The quantitative estimate of drug-likeness (QED) is 0.931. The second kappa shape index (κ2) is 6.24. The van der Waals surface area contributed by atoms with Crippen LogP contribution in [0.2, 0.25) is 0 Å². The van der Waals surface area contributed by atoms with Crippen molar-refractivity contribution in [1.29, 1.82) is 0 Å². The van der Waals surface area contributed by atoms with E-state index in [1.807, 2.05) is 50.3 Å². The molecule has 0 atom stereocenters. The van der Waals surface area contributed by atoms with E-state index in [9.17, 15) is 4.79 Å². The van der Waals surface area contributed by atoms with Gasteiger partial charge in [0.2, 0.25) is 11.0 Å². The Morgan fingerprint density at radius 2 is 2.05 bits per heavy atom. The molecule has 0 spiro atoms. The number of rotatable bonds is 4. The molecule has 0 fully saturated rings. The van der Waals surface area contributed by atoms with Crippen molar-refractivity contribution < 1.29 is 4.79 Å². The molecule has 1 N–H and O–H groups in total. The van der Waals surface area contributed by atoms with E-state index in [2.05, 4.69) is 15.5 Å². The zero-order valence-electron chi connectivity index (χ0n) is 10.9. The van der Waals surface area contributed by atoms with Gasteiger partial charge in [0.05, 0.1) is 6.42 Å². The summed E-state index contributed by atoms with van der Waals surface area (Å²) in [6.07, 6.45) is 2.31. The highest BCUT2D eigenvalue weighted by molar-refractivity contribution is 7.16. The highest BCUT2D eigenvalue weighted by Gasteiger charge is 2.09. The first-order valence-electron chi connectivity index (χ1n) is 5.99. The first-order chi connectivity index (χ1) is 9.19. The first-order valence-corrected chi connectivity index (χ1v) is 6.81. The number of hydrogen-bond acceptors (Lipinski definition) is 4. The SMILES string of the molecule is C/C=C(/C)c1nnc(NC(=O)Cc2ccccc2)s1. The van der Waals surface area contributed by atoms with Crippen LogP contribution in [-0.4, -0.2) is 16.1 Å².